The number of likely N-dealkylation sites (N-methyl/N-ethyl adjacent to an activating group) is 3. The third-order valence-electron chi connectivity index (χ3n) is 4.15. The van der Waals surface area contributed by atoms with Gasteiger partial charge in [0.25, 0.3) is 0 Å². The molecule has 0 bridgehead atoms. The highest BCUT2D eigenvalue weighted by Crippen LogP contribution is 2.16. The van der Waals surface area contributed by atoms with Gasteiger partial charge in [0.15, 0.2) is 0 Å². The van der Waals surface area contributed by atoms with Crippen molar-refractivity contribution in [3.05, 3.63) is 22.4 Å². The third kappa shape index (κ3) is 4.28. The van der Waals surface area contributed by atoms with Crippen LogP contribution in [0.5, 0.6) is 0 Å². The molecular formula is C15H27N3S. The maximum absolute atomic E-state index is 3.70. The lowest BCUT2D eigenvalue weighted by atomic mass is 9.97. The summed E-state index contributed by atoms with van der Waals surface area (Å²) in [7, 11) is 4.51. The first kappa shape index (κ1) is 15.0. The summed E-state index contributed by atoms with van der Waals surface area (Å²) < 4.78 is 0. The van der Waals surface area contributed by atoms with Gasteiger partial charge < -0.3 is 10.2 Å². The van der Waals surface area contributed by atoms with Crippen LogP contribution in [0, 0.1) is 0 Å². The van der Waals surface area contributed by atoms with Crippen LogP contribution >= 0.6 is 11.3 Å². The molecule has 2 rings (SSSR count). The first-order valence-electron chi connectivity index (χ1n) is 7.34. The van der Waals surface area contributed by atoms with Gasteiger partial charge in [0.2, 0.25) is 0 Å². The topological polar surface area (TPSA) is 18.5 Å². The van der Waals surface area contributed by atoms with Crippen molar-refractivity contribution >= 4 is 11.3 Å². The van der Waals surface area contributed by atoms with E-state index < -0.39 is 0 Å². The molecule has 3 nitrogen and oxygen atoms in total. The fraction of sp³-hybridized carbons (Fsp3) is 0.733. The van der Waals surface area contributed by atoms with Gasteiger partial charge in [0.1, 0.15) is 0 Å². The van der Waals surface area contributed by atoms with E-state index >= 15 is 0 Å². The number of hydrogen-bond acceptors (Lipinski definition) is 4. The lowest BCUT2D eigenvalue weighted by Crippen LogP contribution is -2.58. The van der Waals surface area contributed by atoms with E-state index in [4.69, 9.17) is 0 Å². The Balaban J connectivity index is 1.93. The second-order valence-electron chi connectivity index (χ2n) is 5.64. The largest absolute Gasteiger partial charge is 0.313 e. The summed E-state index contributed by atoms with van der Waals surface area (Å²) in [5, 5.41) is 8.16. The summed E-state index contributed by atoms with van der Waals surface area (Å²) >= 11 is 1.80. The molecule has 0 aromatic carbocycles. The highest BCUT2D eigenvalue weighted by Gasteiger charge is 2.28. The SMILES string of the molecule is CCNC(CCc1ccsc1)C1CN(C)CCN1C. The maximum atomic E-state index is 3.70. The van der Waals surface area contributed by atoms with E-state index in [0.29, 0.717) is 12.1 Å². The summed E-state index contributed by atoms with van der Waals surface area (Å²) in [6.07, 6.45) is 2.42. The number of piperazine rings is 1. The monoisotopic (exact) mass is 281 g/mol. The number of aryl methyl sites for hydroxylation is 1. The van der Waals surface area contributed by atoms with E-state index in [1.54, 1.807) is 11.3 Å². The van der Waals surface area contributed by atoms with Gasteiger partial charge in [-0.2, -0.15) is 11.3 Å². The van der Waals surface area contributed by atoms with E-state index in [0.717, 1.165) is 6.54 Å². The molecule has 1 aromatic rings. The van der Waals surface area contributed by atoms with Gasteiger partial charge in [0.05, 0.1) is 0 Å². The minimum absolute atomic E-state index is 0.595. The average molecular weight is 281 g/mol. The molecule has 108 valence electrons. The van der Waals surface area contributed by atoms with Crippen LogP contribution < -0.4 is 5.32 Å². The Bertz CT molecular complexity index is 352. The number of rotatable bonds is 6. The van der Waals surface area contributed by atoms with Crippen molar-refractivity contribution in [2.45, 2.75) is 31.8 Å². The second kappa shape index (κ2) is 7.39. The van der Waals surface area contributed by atoms with Crippen molar-refractivity contribution in [3.63, 3.8) is 0 Å². The smallest absolute Gasteiger partial charge is 0.0374 e. The van der Waals surface area contributed by atoms with Gasteiger partial charge in [-0.05, 0) is 55.9 Å². The van der Waals surface area contributed by atoms with Crippen molar-refractivity contribution in [1.82, 2.24) is 15.1 Å². The Morgan fingerprint density at radius 1 is 1.42 bits per heavy atom. The first-order valence-corrected chi connectivity index (χ1v) is 8.28. The Morgan fingerprint density at radius 3 is 2.95 bits per heavy atom. The zero-order valence-electron chi connectivity index (χ0n) is 12.4. The predicted octanol–water partition coefficient (Wildman–Crippen LogP) is 1.90. The molecule has 1 saturated heterocycles. The van der Waals surface area contributed by atoms with Crippen LogP contribution in [0.1, 0.15) is 18.9 Å². The lowest BCUT2D eigenvalue weighted by Gasteiger charge is -2.42. The molecule has 0 amide bonds. The highest BCUT2D eigenvalue weighted by molar-refractivity contribution is 7.07. The molecule has 1 aromatic heterocycles. The summed E-state index contributed by atoms with van der Waals surface area (Å²) in [5.74, 6) is 0. The quantitative estimate of drug-likeness (QED) is 0.859. The summed E-state index contributed by atoms with van der Waals surface area (Å²) in [6, 6.07) is 3.49. The number of nitrogens with one attached hydrogen (secondary N) is 1. The van der Waals surface area contributed by atoms with Gasteiger partial charge in [-0.1, -0.05) is 6.92 Å². The fourth-order valence-electron chi connectivity index (χ4n) is 2.93. The normalized spacial score (nSPS) is 23.6. The van der Waals surface area contributed by atoms with Crippen LogP contribution in [0.25, 0.3) is 0 Å². The minimum Gasteiger partial charge on any atom is -0.313 e. The van der Waals surface area contributed by atoms with Crippen LogP contribution in [0.15, 0.2) is 16.8 Å². The third-order valence-corrected chi connectivity index (χ3v) is 4.89. The van der Waals surface area contributed by atoms with Crippen molar-refractivity contribution in [3.8, 4) is 0 Å². The van der Waals surface area contributed by atoms with E-state index in [1.807, 2.05) is 0 Å². The molecule has 1 N–H and O–H groups in total. The van der Waals surface area contributed by atoms with Crippen LogP contribution in [0.3, 0.4) is 0 Å². The molecule has 2 atom stereocenters. The average Bonchev–Trinajstić information content (AvgIpc) is 2.91. The van der Waals surface area contributed by atoms with Gasteiger partial charge in [-0.3, -0.25) is 4.90 Å². The molecule has 2 unspecified atom stereocenters. The van der Waals surface area contributed by atoms with E-state index in [9.17, 15) is 0 Å². The van der Waals surface area contributed by atoms with Crippen molar-refractivity contribution in [2.75, 3.05) is 40.3 Å². The molecule has 1 fully saturated rings. The molecule has 0 spiro atoms. The molecule has 0 saturated carbocycles. The Morgan fingerprint density at radius 2 is 2.26 bits per heavy atom. The Kier molecular flexibility index (Phi) is 5.82. The van der Waals surface area contributed by atoms with Gasteiger partial charge >= 0.3 is 0 Å². The van der Waals surface area contributed by atoms with E-state index in [1.165, 1.54) is 38.0 Å². The number of thiophene rings is 1. The van der Waals surface area contributed by atoms with Crippen LogP contribution in [0.4, 0.5) is 0 Å². The molecule has 1 aliphatic heterocycles. The summed E-state index contributed by atoms with van der Waals surface area (Å²) in [6.45, 7) is 6.82. The Hall–Kier alpha value is -0.420. The lowest BCUT2D eigenvalue weighted by molar-refractivity contribution is 0.0858. The van der Waals surface area contributed by atoms with Crippen LogP contribution in [-0.2, 0) is 6.42 Å². The minimum atomic E-state index is 0.595. The van der Waals surface area contributed by atoms with E-state index in [2.05, 4.69) is 53.0 Å². The summed E-state index contributed by atoms with van der Waals surface area (Å²) in [4.78, 5) is 4.99. The number of hydrogen-bond donors (Lipinski definition) is 1. The molecule has 4 heteroatoms. The predicted molar refractivity (Wildman–Crippen MR) is 84.0 cm³/mol. The van der Waals surface area contributed by atoms with Crippen LogP contribution in [-0.4, -0.2) is 62.2 Å². The molecule has 0 radical (unpaired) electrons. The maximum Gasteiger partial charge on any atom is 0.0374 e. The van der Waals surface area contributed by atoms with Crippen molar-refractivity contribution < 1.29 is 0 Å². The molecule has 0 aliphatic carbocycles. The van der Waals surface area contributed by atoms with Gasteiger partial charge in [-0.25, -0.2) is 0 Å². The first-order chi connectivity index (χ1) is 9.20. The second-order valence-corrected chi connectivity index (χ2v) is 6.42. The van der Waals surface area contributed by atoms with Crippen molar-refractivity contribution in [2.24, 2.45) is 0 Å². The zero-order chi connectivity index (χ0) is 13.7. The molecule has 2 heterocycles. The van der Waals surface area contributed by atoms with Gasteiger partial charge in [-0.15, -0.1) is 0 Å². The number of nitrogens with zero attached hydrogens (tertiary/aromatic N) is 2. The Labute approximate surface area is 121 Å². The van der Waals surface area contributed by atoms with Gasteiger partial charge in [0, 0.05) is 31.7 Å². The fourth-order valence-corrected chi connectivity index (χ4v) is 3.63. The highest BCUT2D eigenvalue weighted by atomic mass is 32.1. The standard InChI is InChI=1S/C15H27N3S/c1-4-16-14(6-5-13-7-10-19-12-13)15-11-17(2)8-9-18(15)3/h7,10,12,14-16H,4-6,8-9,11H2,1-3H3. The summed E-state index contributed by atoms with van der Waals surface area (Å²) in [5.41, 5.74) is 1.49. The zero-order valence-corrected chi connectivity index (χ0v) is 13.2. The molecule has 1 aliphatic rings. The van der Waals surface area contributed by atoms with Crippen LogP contribution in [0.2, 0.25) is 0 Å². The van der Waals surface area contributed by atoms with Crippen molar-refractivity contribution in [1.29, 1.82) is 0 Å². The molecule has 19 heavy (non-hydrogen) atoms. The molecular weight excluding hydrogens is 254 g/mol. The van der Waals surface area contributed by atoms with E-state index in [-0.39, 0.29) is 0 Å².